The lowest BCUT2D eigenvalue weighted by atomic mass is 10.1. The number of ether oxygens (including phenoxy) is 3. The fraction of sp³-hybridized carbons (Fsp3) is 0.786. The van der Waals surface area contributed by atoms with Crippen molar-refractivity contribution in [2.24, 2.45) is 0 Å². The van der Waals surface area contributed by atoms with Crippen molar-refractivity contribution >= 4 is 26.5 Å². The summed E-state index contributed by atoms with van der Waals surface area (Å²) in [5, 5.41) is 0.0712. The van der Waals surface area contributed by atoms with Crippen molar-refractivity contribution in [3.8, 4) is 11.5 Å². The summed E-state index contributed by atoms with van der Waals surface area (Å²) in [6.07, 6.45) is 1.66. The van der Waals surface area contributed by atoms with Crippen LogP contribution in [-0.4, -0.2) is 57.4 Å². The zero-order chi connectivity index (χ0) is 29.2. The molecule has 0 saturated carbocycles. The Hall–Kier alpha value is -0.916. The van der Waals surface area contributed by atoms with Crippen molar-refractivity contribution in [1.82, 2.24) is 0 Å². The predicted molar refractivity (Wildman–Crippen MR) is 159 cm³/mol. The van der Waals surface area contributed by atoms with Crippen LogP contribution in [0.2, 0.25) is 36.3 Å². The lowest BCUT2D eigenvalue weighted by Crippen LogP contribution is -2.43. The number of hydrogen-bond acceptors (Lipinski definition) is 7. The van der Waals surface area contributed by atoms with Gasteiger partial charge in [0.25, 0.3) is 0 Å². The SMILES string of the molecule is CCCOc1c(OC)cc([C@@H]2CC[C@H](O[Si](C)(C)C(C)(C)C)O2)cc1S(=O)(=O)CCO[Si](C)(C)C(C)(C)C. The van der Waals surface area contributed by atoms with Gasteiger partial charge in [-0.25, -0.2) is 8.42 Å². The normalized spacial score (nSPS) is 19.6. The Labute approximate surface area is 234 Å². The van der Waals surface area contributed by atoms with E-state index in [4.69, 9.17) is 23.1 Å². The summed E-state index contributed by atoms with van der Waals surface area (Å²) in [4.78, 5) is 0.136. The molecule has 7 nitrogen and oxygen atoms in total. The minimum absolute atomic E-state index is 0.00185. The van der Waals surface area contributed by atoms with Gasteiger partial charge in [-0.15, -0.1) is 0 Å². The monoisotopic (exact) mass is 588 g/mol. The second kappa shape index (κ2) is 12.3. The molecule has 0 aliphatic carbocycles. The molecule has 0 aromatic heterocycles. The van der Waals surface area contributed by atoms with Crippen molar-refractivity contribution in [3.63, 3.8) is 0 Å². The summed E-state index contributed by atoms with van der Waals surface area (Å²) in [6, 6.07) is 3.55. The van der Waals surface area contributed by atoms with Gasteiger partial charge in [0, 0.05) is 13.0 Å². The predicted octanol–water partition coefficient (Wildman–Crippen LogP) is 7.48. The first-order valence-corrected chi connectivity index (χ1v) is 21.3. The molecule has 1 aromatic carbocycles. The van der Waals surface area contributed by atoms with Crippen LogP contribution in [0.25, 0.3) is 0 Å². The van der Waals surface area contributed by atoms with Gasteiger partial charge in [-0.2, -0.15) is 0 Å². The number of benzene rings is 1. The third-order valence-corrected chi connectivity index (χ3v) is 18.9. The molecule has 0 spiro atoms. The van der Waals surface area contributed by atoms with Crippen molar-refractivity contribution in [2.45, 2.75) is 121 Å². The average Bonchev–Trinajstić information content (AvgIpc) is 3.23. The molecule has 0 unspecified atom stereocenters. The summed E-state index contributed by atoms with van der Waals surface area (Å²) in [6.45, 7) is 24.2. The molecule has 1 fully saturated rings. The van der Waals surface area contributed by atoms with Crippen LogP contribution in [0.1, 0.15) is 79.4 Å². The van der Waals surface area contributed by atoms with E-state index in [1.54, 1.807) is 6.07 Å². The van der Waals surface area contributed by atoms with E-state index in [9.17, 15) is 8.42 Å². The average molecular weight is 589 g/mol. The smallest absolute Gasteiger partial charge is 0.195 e. The second-order valence-corrected chi connectivity index (χ2v) is 25.0. The van der Waals surface area contributed by atoms with Crippen LogP contribution in [0, 0.1) is 0 Å². The van der Waals surface area contributed by atoms with Gasteiger partial charge < -0.3 is 23.1 Å². The molecular formula is C28H52O7SSi2. The van der Waals surface area contributed by atoms with Crippen LogP contribution < -0.4 is 9.47 Å². The molecule has 0 amide bonds. The first-order chi connectivity index (χ1) is 17.3. The molecule has 2 rings (SSSR count). The Morgan fingerprint density at radius 2 is 1.55 bits per heavy atom. The van der Waals surface area contributed by atoms with Gasteiger partial charge >= 0.3 is 0 Å². The number of methoxy groups -OCH3 is 1. The minimum Gasteiger partial charge on any atom is -0.493 e. The number of sulfone groups is 1. The molecule has 1 aliphatic rings. The highest BCUT2D eigenvalue weighted by Gasteiger charge is 2.42. The quantitative estimate of drug-likeness (QED) is 0.234. The summed E-state index contributed by atoms with van der Waals surface area (Å²) in [5.41, 5.74) is 0.760. The number of rotatable bonds is 12. The molecule has 1 aliphatic heterocycles. The molecule has 1 saturated heterocycles. The molecule has 10 heteroatoms. The maximum absolute atomic E-state index is 13.7. The van der Waals surface area contributed by atoms with E-state index in [1.165, 1.54) is 7.11 Å². The molecule has 2 atom stereocenters. The molecule has 1 heterocycles. The second-order valence-electron chi connectivity index (χ2n) is 13.3. The van der Waals surface area contributed by atoms with Crippen LogP contribution in [0.3, 0.4) is 0 Å². The lowest BCUT2D eigenvalue weighted by molar-refractivity contribution is -0.0819. The summed E-state index contributed by atoms with van der Waals surface area (Å²) in [7, 11) is -6.27. The van der Waals surface area contributed by atoms with E-state index < -0.39 is 26.5 Å². The van der Waals surface area contributed by atoms with Gasteiger partial charge in [0.05, 0.1) is 25.6 Å². The molecule has 38 heavy (non-hydrogen) atoms. The van der Waals surface area contributed by atoms with Crippen LogP contribution in [0.4, 0.5) is 0 Å². The Bertz CT molecular complexity index is 1040. The fourth-order valence-corrected chi connectivity index (χ4v) is 7.35. The van der Waals surface area contributed by atoms with E-state index in [2.05, 4.69) is 67.7 Å². The van der Waals surface area contributed by atoms with E-state index in [-0.39, 0.29) is 45.5 Å². The maximum Gasteiger partial charge on any atom is 0.195 e. The van der Waals surface area contributed by atoms with Crippen molar-refractivity contribution in [1.29, 1.82) is 0 Å². The Morgan fingerprint density at radius 1 is 0.947 bits per heavy atom. The first kappa shape index (κ1) is 33.3. The lowest BCUT2D eigenvalue weighted by Gasteiger charge is -2.38. The Balaban J connectivity index is 2.36. The molecule has 0 N–H and O–H groups in total. The maximum atomic E-state index is 13.7. The zero-order valence-corrected chi connectivity index (χ0v) is 28.6. The molecule has 220 valence electrons. The zero-order valence-electron chi connectivity index (χ0n) is 25.8. The van der Waals surface area contributed by atoms with Gasteiger partial charge in [0.1, 0.15) is 11.2 Å². The Kier molecular flexibility index (Phi) is 10.8. The summed E-state index contributed by atoms with van der Waals surface area (Å²) < 4.78 is 58.0. The van der Waals surface area contributed by atoms with Gasteiger partial charge in [0.2, 0.25) is 0 Å². The third kappa shape index (κ3) is 8.07. The standard InChI is InChI=1S/C28H52O7SSi2/c1-13-16-32-26-23(31-8)19-21(22-14-15-25(34-22)35-38(11,12)28(5,6)7)20-24(26)36(29,30)18-17-33-37(9,10)27(2,3)4/h19-20,22,25H,13-18H2,1-12H3/t22-,25-/m0/s1. The van der Waals surface area contributed by atoms with Crippen molar-refractivity contribution in [3.05, 3.63) is 17.7 Å². The van der Waals surface area contributed by atoms with Gasteiger partial charge in [-0.1, -0.05) is 48.5 Å². The highest BCUT2D eigenvalue weighted by molar-refractivity contribution is 7.91. The van der Waals surface area contributed by atoms with E-state index in [0.717, 1.165) is 24.8 Å². The van der Waals surface area contributed by atoms with Crippen molar-refractivity contribution in [2.75, 3.05) is 26.1 Å². The van der Waals surface area contributed by atoms with Gasteiger partial charge in [-0.3, -0.25) is 0 Å². The van der Waals surface area contributed by atoms with Crippen molar-refractivity contribution < 1.29 is 31.5 Å². The molecule has 0 radical (unpaired) electrons. The molecular weight excluding hydrogens is 537 g/mol. The fourth-order valence-electron chi connectivity index (χ4n) is 3.69. The van der Waals surface area contributed by atoms with Gasteiger partial charge in [0.15, 0.2) is 38.0 Å². The number of hydrogen-bond donors (Lipinski definition) is 0. The summed E-state index contributed by atoms with van der Waals surface area (Å²) in [5.74, 6) is 0.534. The Morgan fingerprint density at radius 3 is 2.08 bits per heavy atom. The third-order valence-electron chi connectivity index (χ3n) is 8.25. The van der Waals surface area contributed by atoms with Crippen LogP contribution >= 0.6 is 0 Å². The van der Waals surface area contributed by atoms with Crippen LogP contribution in [0.5, 0.6) is 11.5 Å². The first-order valence-electron chi connectivity index (χ1n) is 13.8. The van der Waals surface area contributed by atoms with E-state index >= 15 is 0 Å². The molecule has 0 bridgehead atoms. The van der Waals surface area contributed by atoms with Crippen LogP contribution in [0.15, 0.2) is 17.0 Å². The van der Waals surface area contributed by atoms with E-state index in [1.807, 2.05) is 13.0 Å². The highest BCUT2D eigenvalue weighted by Crippen LogP contribution is 2.44. The topological polar surface area (TPSA) is 80.3 Å². The van der Waals surface area contributed by atoms with Gasteiger partial charge in [-0.05, 0) is 66.8 Å². The minimum atomic E-state index is -3.72. The highest BCUT2D eigenvalue weighted by atomic mass is 32.2. The van der Waals surface area contributed by atoms with E-state index in [0.29, 0.717) is 12.4 Å². The van der Waals surface area contributed by atoms with Crippen LogP contribution in [-0.2, 0) is 23.4 Å². The largest absolute Gasteiger partial charge is 0.493 e. The summed E-state index contributed by atoms with van der Waals surface area (Å²) >= 11 is 0. The molecule has 1 aromatic rings.